The zero-order valence-corrected chi connectivity index (χ0v) is 11.6. The third-order valence-electron chi connectivity index (χ3n) is 2.53. The summed E-state index contributed by atoms with van der Waals surface area (Å²) in [6.45, 7) is 1.86. The Kier molecular flexibility index (Phi) is 4.35. The van der Waals surface area contributed by atoms with Gasteiger partial charge >= 0.3 is 0 Å². The Labute approximate surface area is 120 Å². The standard InChI is InChI=1S/C13H11Cl2N3O/c1-8(9-3-2-4-10(14)5-9)17-13(19)11-6-16-7-12(15)18-11/h2-8H,1H3,(H,17,19). The van der Waals surface area contributed by atoms with Gasteiger partial charge < -0.3 is 5.32 Å². The van der Waals surface area contributed by atoms with Gasteiger partial charge in [0.05, 0.1) is 18.4 Å². The van der Waals surface area contributed by atoms with Crippen molar-refractivity contribution in [3.8, 4) is 0 Å². The van der Waals surface area contributed by atoms with Crippen LogP contribution in [0.15, 0.2) is 36.7 Å². The average Bonchev–Trinajstić information content (AvgIpc) is 2.38. The molecule has 0 aliphatic carbocycles. The summed E-state index contributed by atoms with van der Waals surface area (Å²) in [6.07, 6.45) is 2.74. The molecule has 4 nitrogen and oxygen atoms in total. The van der Waals surface area contributed by atoms with E-state index in [9.17, 15) is 4.79 Å². The van der Waals surface area contributed by atoms with E-state index in [0.717, 1.165) is 5.56 Å². The number of hydrogen-bond donors (Lipinski definition) is 1. The van der Waals surface area contributed by atoms with E-state index in [0.29, 0.717) is 5.02 Å². The van der Waals surface area contributed by atoms with Crippen LogP contribution in [0.1, 0.15) is 29.0 Å². The number of hydrogen-bond acceptors (Lipinski definition) is 3. The monoisotopic (exact) mass is 295 g/mol. The molecule has 19 heavy (non-hydrogen) atoms. The van der Waals surface area contributed by atoms with E-state index >= 15 is 0 Å². The molecular formula is C13H11Cl2N3O. The van der Waals surface area contributed by atoms with Crippen molar-refractivity contribution in [2.45, 2.75) is 13.0 Å². The van der Waals surface area contributed by atoms with E-state index in [1.807, 2.05) is 19.1 Å². The van der Waals surface area contributed by atoms with Crippen LogP contribution >= 0.6 is 23.2 Å². The van der Waals surface area contributed by atoms with Crippen LogP contribution in [0.3, 0.4) is 0 Å². The highest BCUT2D eigenvalue weighted by atomic mass is 35.5. The highest BCUT2D eigenvalue weighted by molar-refractivity contribution is 6.30. The molecule has 0 bridgehead atoms. The molecule has 1 heterocycles. The normalized spacial score (nSPS) is 11.9. The molecule has 2 rings (SSSR count). The number of halogens is 2. The van der Waals surface area contributed by atoms with Crippen molar-refractivity contribution >= 4 is 29.1 Å². The van der Waals surface area contributed by atoms with E-state index in [1.54, 1.807) is 12.1 Å². The number of rotatable bonds is 3. The lowest BCUT2D eigenvalue weighted by Crippen LogP contribution is -2.27. The lowest BCUT2D eigenvalue weighted by atomic mass is 10.1. The first kappa shape index (κ1) is 13.8. The summed E-state index contributed by atoms with van der Waals surface area (Å²) in [4.78, 5) is 19.7. The lowest BCUT2D eigenvalue weighted by Gasteiger charge is -2.14. The minimum absolute atomic E-state index is 0.182. The van der Waals surface area contributed by atoms with Gasteiger partial charge in [-0.2, -0.15) is 0 Å². The second kappa shape index (κ2) is 5.99. The predicted octanol–water partition coefficient (Wildman–Crippen LogP) is 3.27. The molecule has 1 N–H and O–H groups in total. The topological polar surface area (TPSA) is 54.9 Å². The van der Waals surface area contributed by atoms with E-state index in [-0.39, 0.29) is 22.8 Å². The number of carbonyl (C=O) groups excluding carboxylic acids is 1. The number of nitrogens with zero attached hydrogens (tertiary/aromatic N) is 2. The van der Waals surface area contributed by atoms with Gasteiger partial charge in [0.2, 0.25) is 0 Å². The lowest BCUT2D eigenvalue weighted by molar-refractivity contribution is 0.0934. The van der Waals surface area contributed by atoms with Gasteiger partial charge in [-0.3, -0.25) is 9.78 Å². The fourth-order valence-corrected chi connectivity index (χ4v) is 1.93. The van der Waals surface area contributed by atoms with Gasteiger partial charge in [-0.1, -0.05) is 35.3 Å². The first-order valence-corrected chi connectivity index (χ1v) is 6.36. The van der Waals surface area contributed by atoms with Gasteiger partial charge in [-0.15, -0.1) is 0 Å². The second-order valence-corrected chi connectivity index (χ2v) is 4.80. The van der Waals surface area contributed by atoms with Crippen LogP contribution in [0.25, 0.3) is 0 Å². The molecule has 0 aliphatic rings. The molecule has 6 heteroatoms. The average molecular weight is 296 g/mol. The van der Waals surface area contributed by atoms with Gasteiger partial charge in [0.15, 0.2) is 0 Å². The summed E-state index contributed by atoms with van der Waals surface area (Å²) in [6, 6.07) is 7.12. The highest BCUT2D eigenvalue weighted by Gasteiger charge is 2.13. The maximum atomic E-state index is 12.0. The highest BCUT2D eigenvalue weighted by Crippen LogP contribution is 2.17. The minimum Gasteiger partial charge on any atom is -0.344 e. The Morgan fingerprint density at radius 1 is 1.32 bits per heavy atom. The molecule has 1 aromatic heterocycles. The van der Waals surface area contributed by atoms with Crippen LogP contribution in [0.2, 0.25) is 10.2 Å². The molecule has 98 valence electrons. The third kappa shape index (κ3) is 3.66. The van der Waals surface area contributed by atoms with Gasteiger partial charge in [-0.25, -0.2) is 4.98 Å². The van der Waals surface area contributed by atoms with E-state index in [4.69, 9.17) is 23.2 Å². The summed E-state index contributed by atoms with van der Waals surface area (Å²) in [5.74, 6) is -0.331. The molecule has 0 fully saturated rings. The molecule has 1 atom stereocenters. The van der Waals surface area contributed by atoms with Crippen molar-refractivity contribution < 1.29 is 4.79 Å². The van der Waals surface area contributed by atoms with Crippen LogP contribution in [0.4, 0.5) is 0 Å². The summed E-state index contributed by atoms with van der Waals surface area (Å²) < 4.78 is 0. The first-order chi connectivity index (χ1) is 9.06. The predicted molar refractivity (Wildman–Crippen MR) is 74.4 cm³/mol. The number of aromatic nitrogens is 2. The fraction of sp³-hybridized carbons (Fsp3) is 0.154. The Hall–Kier alpha value is -1.65. The zero-order chi connectivity index (χ0) is 13.8. The molecule has 0 spiro atoms. The van der Waals surface area contributed by atoms with E-state index < -0.39 is 0 Å². The molecule has 2 aromatic rings. The van der Waals surface area contributed by atoms with E-state index in [2.05, 4.69) is 15.3 Å². The fourth-order valence-electron chi connectivity index (χ4n) is 1.58. The Morgan fingerprint density at radius 3 is 2.79 bits per heavy atom. The third-order valence-corrected chi connectivity index (χ3v) is 2.95. The second-order valence-electron chi connectivity index (χ2n) is 3.98. The Morgan fingerprint density at radius 2 is 2.11 bits per heavy atom. The van der Waals surface area contributed by atoms with Crippen molar-refractivity contribution in [3.63, 3.8) is 0 Å². The molecule has 1 amide bonds. The summed E-state index contributed by atoms with van der Waals surface area (Å²) in [5, 5.41) is 3.62. The number of amides is 1. The molecule has 0 saturated heterocycles. The van der Waals surface area contributed by atoms with Gasteiger partial charge in [-0.05, 0) is 24.6 Å². The summed E-state index contributed by atoms with van der Waals surface area (Å²) >= 11 is 11.6. The Balaban J connectivity index is 2.11. The van der Waals surface area contributed by atoms with Gasteiger partial charge in [0.1, 0.15) is 10.8 Å². The minimum atomic E-state index is -0.331. The molecule has 0 aliphatic heterocycles. The van der Waals surface area contributed by atoms with Crippen LogP contribution in [0.5, 0.6) is 0 Å². The Bertz CT molecular complexity index is 604. The SMILES string of the molecule is CC(NC(=O)c1cncc(Cl)n1)c1cccc(Cl)c1. The maximum Gasteiger partial charge on any atom is 0.272 e. The van der Waals surface area contributed by atoms with Gasteiger partial charge in [0, 0.05) is 5.02 Å². The number of nitrogens with one attached hydrogen (secondary N) is 1. The molecule has 0 radical (unpaired) electrons. The molecule has 0 saturated carbocycles. The van der Waals surface area contributed by atoms with E-state index in [1.165, 1.54) is 12.4 Å². The quantitative estimate of drug-likeness (QED) is 0.945. The van der Waals surface area contributed by atoms with Crippen molar-refractivity contribution in [1.82, 2.24) is 15.3 Å². The molecule has 1 aromatic carbocycles. The van der Waals surface area contributed by atoms with Crippen LogP contribution in [-0.2, 0) is 0 Å². The van der Waals surface area contributed by atoms with Crippen molar-refractivity contribution in [2.24, 2.45) is 0 Å². The molecule has 1 unspecified atom stereocenters. The van der Waals surface area contributed by atoms with Crippen LogP contribution in [-0.4, -0.2) is 15.9 Å². The first-order valence-electron chi connectivity index (χ1n) is 5.60. The van der Waals surface area contributed by atoms with Crippen molar-refractivity contribution in [1.29, 1.82) is 0 Å². The zero-order valence-electron chi connectivity index (χ0n) is 10.1. The van der Waals surface area contributed by atoms with Crippen molar-refractivity contribution in [3.05, 3.63) is 58.1 Å². The van der Waals surface area contributed by atoms with Crippen LogP contribution in [0, 0.1) is 0 Å². The number of carbonyl (C=O) groups is 1. The van der Waals surface area contributed by atoms with Crippen molar-refractivity contribution in [2.75, 3.05) is 0 Å². The van der Waals surface area contributed by atoms with Gasteiger partial charge in [0.25, 0.3) is 5.91 Å². The number of benzene rings is 1. The summed E-state index contributed by atoms with van der Waals surface area (Å²) in [5.41, 5.74) is 1.09. The smallest absolute Gasteiger partial charge is 0.272 e. The van der Waals surface area contributed by atoms with Crippen LogP contribution < -0.4 is 5.32 Å². The maximum absolute atomic E-state index is 12.0. The summed E-state index contributed by atoms with van der Waals surface area (Å²) in [7, 11) is 0. The largest absolute Gasteiger partial charge is 0.344 e. The molecular weight excluding hydrogens is 285 g/mol.